The third kappa shape index (κ3) is 3.58. The third-order valence-electron chi connectivity index (χ3n) is 4.28. The molecule has 26 heavy (non-hydrogen) atoms. The highest BCUT2D eigenvalue weighted by Gasteiger charge is 2.28. The normalized spacial score (nSPS) is 11.5. The summed E-state index contributed by atoms with van der Waals surface area (Å²) < 4.78 is 5.25. The lowest BCUT2D eigenvalue weighted by Crippen LogP contribution is -2.24. The minimum atomic E-state index is -1.40. The Balaban J connectivity index is 2.01. The third-order valence-corrected chi connectivity index (χ3v) is 4.28. The fourth-order valence-electron chi connectivity index (χ4n) is 2.88. The van der Waals surface area contributed by atoms with Crippen LogP contribution in [0.2, 0.25) is 0 Å². The van der Waals surface area contributed by atoms with Crippen molar-refractivity contribution in [2.45, 2.75) is 5.60 Å². The summed E-state index contributed by atoms with van der Waals surface area (Å²) in [6.07, 6.45) is 2.93. The number of methoxy groups -OCH3 is 1. The predicted octanol–water partition coefficient (Wildman–Crippen LogP) is 4.37. The summed E-state index contributed by atoms with van der Waals surface area (Å²) in [5.74, 6) is 0.276. The van der Waals surface area contributed by atoms with Crippen LogP contribution < -0.4 is 4.74 Å². The molecular weight excluding hydrogens is 324 g/mol. The van der Waals surface area contributed by atoms with E-state index in [0.717, 1.165) is 0 Å². The van der Waals surface area contributed by atoms with Crippen molar-refractivity contribution in [3.63, 3.8) is 0 Å². The predicted molar refractivity (Wildman–Crippen MR) is 102 cm³/mol. The monoisotopic (exact) mass is 344 g/mol. The van der Waals surface area contributed by atoms with Crippen molar-refractivity contribution in [2.24, 2.45) is 0 Å². The van der Waals surface area contributed by atoms with Crippen molar-refractivity contribution < 1.29 is 14.6 Å². The molecule has 3 aromatic rings. The van der Waals surface area contributed by atoms with E-state index >= 15 is 0 Å². The van der Waals surface area contributed by atoms with E-state index in [1.165, 1.54) is 19.3 Å². The molecule has 0 atom stereocenters. The van der Waals surface area contributed by atoms with Crippen molar-refractivity contribution in [3.05, 3.63) is 114 Å². The lowest BCUT2D eigenvalue weighted by molar-refractivity contribution is 0.103. The number of hydrogen-bond acceptors (Lipinski definition) is 3. The van der Waals surface area contributed by atoms with Gasteiger partial charge >= 0.3 is 0 Å². The number of para-hydroxylation sites is 1. The van der Waals surface area contributed by atoms with Gasteiger partial charge in [-0.25, -0.2) is 0 Å². The van der Waals surface area contributed by atoms with Gasteiger partial charge < -0.3 is 9.84 Å². The van der Waals surface area contributed by atoms with Crippen molar-refractivity contribution in [1.82, 2.24) is 0 Å². The van der Waals surface area contributed by atoms with Crippen LogP contribution >= 0.6 is 0 Å². The highest BCUT2D eigenvalue weighted by Crippen LogP contribution is 2.31. The molecule has 3 aromatic carbocycles. The molecule has 0 radical (unpaired) electrons. The summed E-state index contributed by atoms with van der Waals surface area (Å²) in [5, 5.41) is 11.4. The fourth-order valence-corrected chi connectivity index (χ4v) is 2.88. The van der Waals surface area contributed by atoms with Crippen LogP contribution in [0, 0.1) is 0 Å². The van der Waals surface area contributed by atoms with Gasteiger partial charge in [-0.2, -0.15) is 0 Å². The standard InChI is InChI=1S/C23H20O3/c1-26-22-15-9-8-14-20(22)21(24)16-17-23(25,18-10-4-2-5-11-18)19-12-6-3-7-13-19/h2-17,25H,1H3/b17-16+. The molecule has 0 bridgehead atoms. The van der Waals surface area contributed by atoms with E-state index in [0.29, 0.717) is 22.4 Å². The molecule has 0 aliphatic rings. The van der Waals surface area contributed by atoms with Crippen LogP contribution in [0.15, 0.2) is 97.1 Å². The quantitative estimate of drug-likeness (QED) is 0.533. The van der Waals surface area contributed by atoms with Gasteiger partial charge in [0.05, 0.1) is 12.7 Å². The largest absolute Gasteiger partial charge is 0.496 e. The highest BCUT2D eigenvalue weighted by atomic mass is 16.5. The van der Waals surface area contributed by atoms with Crippen molar-refractivity contribution in [3.8, 4) is 5.75 Å². The van der Waals surface area contributed by atoms with E-state index < -0.39 is 5.60 Å². The molecule has 0 unspecified atom stereocenters. The number of carbonyl (C=O) groups is 1. The lowest BCUT2D eigenvalue weighted by Gasteiger charge is -2.26. The molecule has 0 saturated heterocycles. The van der Waals surface area contributed by atoms with Crippen LogP contribution in [0.4, 0.5) is 0 Å². The summed E-state index contributed by atoms with van der Waals surface area (Å²) in [6.45, 7) is 0. The van der Waals surface area contributed by atoms with E-state index in [4.69, 9.17) is 4.74 Å². The van der Waals surface area contributed by atoms with Crippen LogP contribution in [0.3, 0.4) is 0 Å². The Morgan fingerprint density at radius 2 is 1.35 bits per heavy atom. The molecule has 0 heterocycles. The van der Waals surface area contributed by atoms with Crippen molar-refractivity contribution in [1.29, 1.82) is 0 Å². The van der Waals surface area contributed by atoms with E-state index in [1.54, 1.807) is 18.2 Å². The second-order valence-electron chi connectivity index (χ2n) is 5.90. The van der Waals surface area contributed by atoms with E-state index in [2.05, 4.69) is 0 Å². The van der Waals surface area contributed by atoms with Crippen molar-refractivity contribution >= 4 is 5.78 Å². The Morgan fingerprint density at radius 1 is 0.846 bits per heavy atom. The number of benzene rings is 3. The summed E-state index contributed by atoms with van der Waals surface area (Å²) in [6, 6.07) is 25.6. The first-order valence-electron chi connectivity index (χ1n) is 8.35. The molecule has 3 rings (SSSR count). The smallest absolute Gasteiger partial charge is 0.189 e. The van der Waals surface area contributed by atoms with Gasteiger partial charge in [0.25, 0.3) is 0 Å². The Labute approximate surface area is 153 Å². The van der Waals surface area contributed by atoms with Gasteiger partial charge in [0.2, 0.25) is 0 Å². The second kappa shape index (κ2) is 7.81. The Morgan fingerprint density at radius 3 is 1.88 bits per heavy atom. The minimum Gasteiger partial charge on any atom is -0.496 e. The van der Waals surface area contributed by atoms with Gasteiger partial charge in [-0.15, -0.1) is 0 Å². The lowest BCUT2D eigenvalue weighted by atomic mass is 9.85. The van der Waals surface area contributed by atoms with Crippen LogP contribution in [0.25, 0.3) is 0 Å². The van der Waals surface area contributed by atoms with Gasteiger partial charge in [-0.1, -0.05) is 72.8 Å². The number of hydrogen-bond donors (Lipinski definition) is 1. The van der Waals surface area contributed by atoms with E-state index in [1.807, 2.05) is 66.7 Å². The molecule has 0 saturated carbocycles. The number of rotatable bonds is 6. The van der Waals surface area contributed by atoms with Gasteiger partial charge in [-0.05, 0) is 35.4 Å². The molecule has 3 heteroatoms. The summed E-state index contributed by atoms with van der Waals surface area (Å²) in [5.41, 5.74) is 0.431. The Kier molecular flexibility index (Phi) is 5.30. The molecule has 3 nitrogen and oxygen atoms in total. The second-order valence-corrected chi connectivity index (χ2v) is 5.90. The van der Waals surface area contributed by atoms with Crippen molar-refractivity contribution in [2.75, 3.05) is 7.11 Å². The van der Waals surface area contributed by atoms with Crippen LogP contribution in [-0.4, -0.2) is 18.0 Å². The van der Waals surface area contributed by atoms with Crippen LogP contribution in [-0.2, 0) is 5.60 Å². The number of ether oxygens (including phenoxy) is 1. The van der Waals surface area contributed by atoms with Gasteiger partial charge in [-0.3, -0.25) is 4.79 Å². The van der Waals surface area contributed by atoms with Gasteiger partial charge in [0.1, 0.15) is 11.4 Å². The zero-order chi connectivity index (χ0) is 18.4. The number of carbonyl (C=O) groups excluding carboxylic acids is 1. The summed E-state index contributed by atoms with van der Waals surface area (Å²) >= 11 is 0. The molecule has 0 aromatic heterocycles. The maximum atomic E-state index is 12.7. The topological polar surface area (TPSA) is 46.5 Å². The highest BCUT2D eigenvalue weighted by molar-refractivity contribution is 6.06. The van der Waals surface area contributed by atoms with Crippen LogP contribution in [0.5, 0.6) is 5.75 Å². The first-order chi connectivity index (χ1) is 12.6. The van der Waals surface area contributed by atoms with Gasteiger partial charge in [0.15, 0.2) is 5.78 Å². The number of ketones is 1. The Hall–Kier alpha value is -3.17. The average molecular weight is 344 g/mol. The zero-order valence-electron chi connectivity index (χ0n) is 14.5. The first kappa shape index (κ1) is 17.6. The maximum Gasteiger partial charge on any atom is 0.189 e. The average Bonchev–Trinajstić information content (AvgIpc) is 2.73. The maximum absolute atomic E-state index is 12.7. The minimum absolute atomic E-state index is 0.229. The molecule has 0 aliphatic heterocycles. The number of allylic oxidation sites excluding steroid dienone is 1. The SMILES string of the molecule is COc1ccccc1C(=O)/C=C/C(O)(c1ccccc1)c1ccccc1. The summed E-state index contributed by atoms with van der Waals surface area (Å²) in [7, 11) is 1.53. The van der Waals surface area contributed by atoms with E-state index in [-0.39, 0.29) is 5.78 Å². The molecule has 0 fully saturated rings. The van der Waals surface area contributed by atoms with E-state index in [9.17, 15) is 9.90 Å². The molecule has 0 amide bonds. The molecule has 0 spiro atoms. The number of aliphatic hydroxyl groups is 1. The van der Waals surface area contributed by atoms with Gasteiger partial charge in [0, 0.05) is 0 Å². The fraction of sp³-hybridized carbons (Fsp3) is 0.0870. The molecule has 0 aliphatic carbocycles. The molecule has 1 N–H and O–H groups in total. The van der Waals surface area contributed by atoms with Crippen LogP contribution in [0.1, 0.15) is 21.5 Å². The zero-order valence-corrected chi connectivity index (χ0v) is 14.5. The summed E-state index contributed by atoms with van der Waals surface area (Å²) in [4.78, 5) is 12.7. The first-order valence-corrected chi connectivity index (χ1v) is 8.35. The Bertz CT molecular complexity index is 860. The molecular formula is C23H20O3. The molecule has 130 valence electrons.